The Morgan fingerprint density at radius 2 is 1.96 bits per heavy atom. The highest BCUT2D eigenvalue weighted by atomic mass is 35.5. The van der Waals surface area contributed by atoms with Crippen molar-refractivity contribution in [2.45, 2.75) is 74.1 Å². The Bertz CT molecular complexity index is 1760. The lowest BCUT2D eigenvalue weighted by Gasteiger charge is -2.46. The maximum absolute atomic E-state index is 13.6. The van der Waals surface area contributed by atoms with Gasteiger partial charge < -0.3 is 24.0 Å². The van der Waals surface area contributed by atoms with E-state index < -0.39 is 33.8 Å². The number of hydrogen-bond acceptors (Lipinski definition) is 8. The Morgan fingerprint density at radius 3 is 2.71 bits per heavy atom. The predicted molar refractivity (Wildman–Crippen MR) is 182 cm³/mol. The molecule has 2 fully saturated rings. The fourth-order valence-electron chi connectivity index (χ4n) is 7.82. The quantitative estimate of drug-likeness (QED) is 0.460. The lowest BCUT2D eigenvalue weighted by atomic mass is 9.68. The van der Waals surface area contributed by atoms with Crippen molar-refractivity contribution in [2.24, 2.45) is 11.8 Å². The number of halogens is 2. The van der Waals surface area contributed by atoms with Crippen LogP contribution in [0, 0.1) is 11.8 Å². The number of sulfonamides is 1. The molecule has 0 radical (unpaired) electrons. The molecule has 1 spiro atoms. The molecule has 1 saturated carbocycles. The molecule has 2 amide bonds. The summed E-state index contributed by atoms with van der Waals surface area (Å²) >= 11 is 6.42. The number of carbonyl (C=O) groups is 2. The number of nitrogens with one attached hydrogen (secondary N) is 1. The van der Waals surface area contributed by atoms with Crippen molar-refractivity contribution >= 4 is 39.1 Å². The van der Waals surface area contributed by atoms with Gasteiger partial charge in [-0.15, -0.1) is 0 Å². The zero-order valence-corrected chi connectivity index (χ0v) is 29.4. The summed E-state index contributed by atoms with van der Waals surface area (Å²) < 4.78 is 61.5. The number of ether oxygens (including phenoxy) is 3. The number of anilines is 1. The summed E-state index contributed by atoms with van der Waals surface area (Å²) in [6.07, 6.45) is 6.78. The average molecular weight is 716 g/mol. The molecule has 3 heterocycles. The SMILES string of the molecule is CC1(C)OC/C=C\[C@H](OCC(=O)N2CC(F)C2)[C@@H]2CC[C@H]2CN2C[C@@]3(CCCc4cc(Cl)ccc43)COc3ccc(cc32)S(=O)(=O)NC1=O. The molecule has 2 aromatic rings. The van der Waals surface area contributed by atoms with Crippen molar-refractivity contribution in [3.63, 3.8) is 0 Å². The number of nitrogens with zero attached hydrogens (tertiary/aromatic N) is 2. The van der Waals surface area contributed by atoms with Gasteiger partial charge in [-0.3, -0.25) is 9.59 Å². The van der Waals surface area contributed by atoms with Gasteiger partial charge >= 0.3 is 0 Å². The van der Waals surface area contributed by atoms with Crippen molar-refractivity contribution in [1.29, 1.82) is 0 Å². The number of amides is 2. The molecule has 2 bridgehead atoms. The molecular formula is C36H43ClFN3O7S. The van der Waals surface area contributed by atoms with Crippen LogP contribution in [-0.4, -0.2) is 89.0 Å². The van der Waals surface area contributed by atoms with Crippen LogP contribution in [0.2, 0.25) is 5.02 Å². The van der Waals surface area contributed by atoms with E-state index in [1.165, 1.54) is 35.9 Å². The standard InChI is InChI=1S/C36H43ClFN3O7S/c1-35(2)34(43)39-49(44,45)27-9-12-32-30(16-27)41(21-36(22-47-32)13-3-5-23-15-25(37)8-11-29(23)36)17-24-7-10-28(24)31(6-4-14-48-35)46-20-33(42)40-18-26(38)19-40/h4,6,8-9,11-12,15-16,24,26,28,31H,3,5,7,10,13-14,17-22H2,1-2H3,(H,39,43)/b6-4-/t24-,28+,31-,36-/m0/s1. The average Bonchev–Trinajstić information content (AvgIpc) is 3.18. The second-order valence-corrected chi connectivity index (χ2v) is 16.7. The van der Waals surface area contributed by atoms with Crippen LogP contribution >= 0.6 is 11.6 Å². The van der Waals surface area contributed by atoms with Crippen LogP contribution < -0.4 is 14.4 Å². The molecule has 10 nitrogen and oxygen atoms in total. The van der Waals surface area contributed by atoms with E-state index in [0.29, 0.717) is 36.2 Å². The minimum Gasteiger partial charge on any atom is -0.490 e. The van der Waals surface area contributed by atoms with Gasteiger partial charge in [0.1, 0.15) is 24.1 Å². The Morgan fingerprint density at radius 1 is 1.14 bits per heavy atom. The summed E-state index contributed by atoms with van der Waals surface area (Å²) in [4.78, 5) is 29.6. The van der Waals surface area contributed by atoms with Crippen LogP contribution in [-0.2, 0) is 40.9 Å². The number of fused-ring (bicyclic) bond motifs is 4. The van der Waals surface area contributed by atoms with E-state index >= 15 is 0 Å². The summed E-state index contributed by atoms with van der Waals surface area (Å²) in [5.74, 6) is -0.254. The first-order valence-corrected chi connectivity index (χ1v) is 18.9. The molecular weight excluding hydrogens is 673 g/mol. The number of hydrogen-bond donors (Lipinski definition) is 1. The van der Waals surface area contributed by atoms with E-state index in [4.69, 9.17) is 25.8 Å². The third-order valence-electron chi connectivity index (χ3n) is 10.9. The highest BCUT2D eigenvalue weighted by Crippen LogP contribution is 2.47. The summed E-state index contributed by atoms with van der Waals surface area (Å²) in [6.45, 7) is 4.66. The van der Waals surface area contributed by atoms with Gasteiger partial charge in [0.05, 0.1) is 43.0 Å². The molecule has 3 aliphatic heterocycles. The number of carbonyl (C=O) groups excluding carboxylic acids is 2. The lowest BCUT2D eigenvalue weighted by molar-refractivity contribution is -0.146. The molecule has 4 atom stereocenters. The van der Waals surface area contributed by atoms with Gasteiger partial charge in [0, 0.05) is 23.5 Å². The number of rotatable bonds is 3. The lowest BCUT2D eigenvalue weighted by Crippen LogP contribution is -2.53. The monoisotopic (exact) mass is 715 g/mol. The van der Waals surface area contributed by atoms with Crippen LogP contribution in [0.1, 0.15) is 50.7 Å². The van der Waals surface area contributed by atoms with E-state index in [9.17, 15) is 22.4 Å². The van der Waals surface area contributed by atoms with Crippen LogP contribution in [0.15, 0.2) is 53.4 Å². The van der Waals surface area contributed by atoms with Gasteiger partial charge in [0.15, 0.2) is 0 Å². The van der Waals surface area contributed by atoms with Crippen LogP contribution in [0.25, 0.3) is 0 Å². The molecule has 49 heavy (non-hydrogen) atoms. The highest BCUT2D eigenvalue weighted by Gasteiger charge is 2.45. The maximum atomic E-state index is 13.6. The number of likely N-dealkylation sites (tertiary alicyclic amines) is 1. The fourth-order valence-corrected chi connectivity index (χ4v) is 9.14. The summed E-state index contributed by atoms with van der Waals surface area (Å²) in [6, 6.07) is 10.8. The first kappa shape index (κ1) is 34.3. The van der Waals surface area contributed by atoms with Gasteiger partial charge in [-0.1, -0.05) is 29.8 Å². The molecule has 0 aromatic heterocycles. The number of benzene rings is 2. The smallest absolute Gasteiger partial charge is 0.265 e. The highest BCUT2D eigenvalue weighted by molar-refractivity contribution is 7.90. The topological polar surface area (TPSA) is 114 Å². The number of aryl methyl sites for hydroxylation is 1. The van der Waals surface area contributed by atoms with Gasteiger partial charge in [0.2, 0.25) is 5.91 Å². The van der Waals surface area contributed by atoms with Crippen molar-refractivity contribution in [3.8, 4) is 5.75 Å². The van der Waals surface area contributed by atoms with E-state index in [1.807, 2.05) is 18.2 Å². The summed E-state index contributed by atoms with van der Waals surface area (Å²) in [7, 11) is -4.25. The molecule has 2 aliphatic carbocycles. The molecule has 2 aromatic carbocycles. The molecule has 13 heteroatoms. The predicted octanol–water partition coefficient (Wildman–Crippen LogP) is 4.57. The maximum Gasteiger partial charge on any atom is 0.265 e. The van der Waals surface area contributed by atoms with Crippen molar-refractivity contribution in [1.82, 2.24) is 9.62 Å². The van der Waals surface area contributed by atoms with E-state index in [1.54, 1.807) is 18.2 Å². The molecule has 264 valence electrons. The fraction of sp³-hybridized carbons (Fsp3) is 0.556. The number of alkyl halides is 1. The Kier molecular flexibility index (Phi) is 9.21. The first-order valence-electron chi connectivity index (χ1n) is 17.1. The second kappa shape index (κ2) is 13.2. The van der Waals surface area contributed by atoms with Gasteiger partial charge in [0.25, 0.3) is 15.9 Å². The first-order chi connectivity index (χ1) is 23.3. The Labute approximate surface area is 291 Å². The second-order valence-electron chi connectivity index (χ2n) is 14.6. The molecule has 0 unspecified atom stereocenters. The largest absolute Gasteiger partial charge is 0.490 e. The van der Waals surface area contributed by atoms with Crippen molar-refractivity contribution < 1.29 is 36.6 Å². The molecule has 1 saturated heterocycles. The van der Waals surface area contributed by atoms with Crippen LogP contribution in [0.3, 0.4) is 0 Å². The van der Waals surface area contributed by atoms with Gasteiger partial charge in [-0.25, -0.2) is 17.5 Å². The third-order valence-corrected chi connectivity index (χ3v) is 12.5. The Hall–Kier alpha value is -3.19. The van der Waals surface area contributed by atoms with E-state index in [0.717, 1.165) is 32.1 Å². The summed E-state index contributed by atoms with van der Waals surface area (Å²) in [5.41, 5.74) is 1.21. The van der Waals surface area contributed by atoms with E-state index in [2.05, 4.69) is 15.7 Å². The Balaban J connectivity index is 1.25. The van der Waals surface area contributed by atoms with Crippen LogP contribution in [0.5, 0.6) is 5.75 Å². The third kappa shape index (κ3) is 6.81. The molecule has 7 rings (SSSR count). The van der Waals surface area contributed by atoms with Gasteiger partial charge in [-0.2, -0.15) is 0 Å². The zero-order valence-electron chi connectivity index (χ0n) is 27.8. The molecule has 5 aliphatic rings. The zero-order chi connectivity index (χ0) is 34.6. The van der Waals surface area contributed by atoms with E-state index in [-0.39, 0.29) is 54.4 Å². The van der Waals surface area contributed by atoms with Crippen molar-refractivity contribution in [3.05, 3.63) is 64.7 Å². The van der Waals surface area contributed by atoms with Gasteiger partial charge in [-0.05, 0) is 99.2 Å². The minimum atomic E-state index is -4.25. The van der Waals surface area contributed by atoms with Crippen LogP contribution in [0.4, 0.5) is 10.1 Å². The minimum absolute atomic E-state index is 0.0234. The van der Waals surface area contributed by atoms with Crippen molar-refractivity contribution in [2.75, 3.05) is 50.9 Å². The molecule has 1 N–H and O–H groups in total. The summed E-state index contributed by atoms with van der Waals surface area (Å²) in [5, 5.41) is 0.692. The normalized spacial score (nSPS) is 30.0.